The van der Waals surface area contributed by atoms with Crippen LogP contribution in [-0.4, -0.2) is 11.2 Å². The lowest BCUT2D eigenvalue weighted by molar-refractivity contribution is 0.150. The molecule has 0 bridgehead atoms. The van der Waals surface area contributed by atoms with Crippen LogP contribution in [0, 0.1) is 0 Å². The first kappa shape index (κ1) is 11.3. The predicted octanol–water partition coefficient (Wildman–Crippen LogP) is 3.67. The van der Waals surface area contributed by atoms with Gasteiger partial charge in [0, 0.05) is 0 Å². The van der Waals surface area contributed by atoms with Gasteiger partial charge >= 0.3 is 0 Å². The molecule has 1 saturated carbocycles. The zero-order chi connectivity index (χ0) is 11.4. The van der Waals surface area contributed by atoms with E-state index in [2.05, 4.69) is 6.92 Å². The van der Waals surface area contributed by atoms with Crippen LogP contribution in [0.2, 0.25) is 0 Å². The van der Waals surface area contributed by atoms with E-state index >= 15 is 0 Å². The standard InChI is InChI=1S/C14H20O2/c1-2-11-8-9-13(15)14(10-11)16-12-6-4-3-5-7-12/h8-10,12,15H,2-7H2,1H3. The lowest BCUT2D eigenvalue weighted by atomic mass is 9.98. The van der Waals surface area contributed by atoms with Gasteiger partial charge in [0.1, 0.15) is 0 Å². The zero-order valence-corrected chi connectivity index (χ0v) is 9.91. The van der Waals surface area contributed by atoms with Gasteiger partial charge in [-0.1, -0.05) is 19.4 Å². The molecule has 88 valence electrons. The second-order valence-corrected chi connectivity index (χ2v) is 4.53. The van der Waals surface area contributed by atoms with Gasteiger partial charge in [-0.25, -0.2) is 0 Å². The maximum atomic E-state index is 9.74. The fourth-order valence-corrected chi connectivity index (χ4v) is 2.24. The molecule has 0 aliphatic heterocycles. The third kappa shape index (κ3) is 2.69. The van der Waals surface area contributed by atoms with Crippen LogP contribution in [0.25, 0.3) is 0 Å². The summed E-state index contributed by atoms with van der Waals surface area (Å²) in [5.74, 6) is 0.925. The fourth-order valence-electron chi connectivity index (χ4n) is 2.24. The third-order valence-corrected chi connectivity index (χ3v) is 3.28. The molecule has 1 N–H and O–H groups in total. The Hall–Kier alpha value is -1.18. The minimum absolute atomic E-state index is 0.266. The molecule has 0 heterocycles. The van der Waals surface area contributed by atoms with E-state index in [1.54, 1.807) is 6.07 Å². The number of aromatic hydroxyl groups is 1. The molecule has 0 aromatic heterocycles. The lowest BCUT2D eigenvalue weighted by Gasteiger charge is -2.23. The quantitative estimate of drug-likeness (QED) is 0.842. The Morgan fingerprint density at radius 2 is 2.00 bits per heavy atom. The SMILES string of the molecule is CCc1ccc(O)c(OC2CCCCC2)c1. The summed E-state index contributed by atoms with van der Waals surface area (Å²) in [5, 5.41) is 9.74. The minimum Gasteiger partial charge on any atom is -0.504 e. The lowest BCUT2D eigenvalue weighted by Crippen LogP contribution is -2.19. The van der Waals surface area contributed by atoms with Crippen LogP contribution in [0.5, 0.6) is 11.5 Å². The number of hydrogen-bond acceptors (Lipinski definition) is 2. The van der Waals surface area contributed by atoms with Crippen LogP contribution in [0.3, 0.4) is 0 Å². The number of benzene rings is 1. The summed E-state index contributed by atoms with van der Waals surface area (Å²) in [6.07, 6.45) is 7.33. The van der Waals surface area contributed by atoms with Gasteiger partial charge < -0.3 is 9.84 Å². The van der Waals surface area contributed by atoms with E-state index in [0.29, 0.717) is 11.9 Å². The first-order valence-corrected chi connectivity index (χ1v) is 6.28. The van der Waals surface area contributed by atoms with E-state index in [0.717, 1.165) is 19.3 Å². The zero-order valence-electron chi connectivity index (χ0n) is 9.91. The molecule has 0 spiro atoms. The van der Waals surface area contributed by atoms with Gasteiger partial charge in [0.2, 0.25) is 0 Å². The van der Waals surface area contributed by atoms with Crippen molar-refractivity contribution in [3.05, 3.63) is 23.8 Å². The number of ether oxygens (including phenoxy) is 1. The molecule has 0 atom stereocenters. The Labute approximate surface area is 97.3 Å². The van der Waals surface area contributed by atoms with Gasteiger partial charge in [-0.3, -0.25) is 0 Å². The molecule has 16 heavy (non-hydrogen) atoms. The molecule has 0 unspecified atom stereocenters. The molecule has 1 fully saturated rings. The van der Waals surface area contributed by atoms with Crippen molar-refractivity contribution in [2.24, 2.45) is 0 Å². The van der Waals surface area contributed by atoms with Gasteiger partial charge in [-0.2, -0.15) is 0 Å². The number of rotatable bonds is 3. The number of aryl methyl sites for hydroxylation is 1. The van der Waals surface area contributed by atoms with Crippen LogP contribution in [-0.2, 0) is 6.42 Å². The van der Waals surface area contributed by atoms with Crippen molar-refractivity contribution in [3.8, 4) is 11.5 Å². The molecule has 2 heteroatoms. The Morgan fingerprint density at radius 3 is 2.69 bits per heavy atom. The normalized spacial score (nSPS) is 17.3. The summed E-state index contributed by atoms with van der Waals surface area (Å²) in [5.41, 5.74) is 1.21. The average Bonchev–Trinajstić information content (AvgIpc) is 2.33. The highest BCUT2D eigenvalue weighted by Gasteiger charge is 2.16. The summed E-state index contributed by atoms with van der Waals surface area (Å²) < 4.78 is 5.88. The van der Waals surface area contributed by atoms with Gasteiger partial charge in [0.25, 0.3) is 0 Å². The maximum Gasteiger partial charge on any atom is 0.161 e. The van der Waals surface area contributed by atoms with Crippen LogP contribution < -0.4 is 4.74 Å². The monoisotopic (exact) mass is 220 g/mol. The fraction of sp³-hybridized carbons (Fsp3) is 0.571. The highest BCUT2D eigenvalue weighted by atomic mass is 16.5. The van der Waals surface area contributed by atoms with Crippen LogP contribution in [0.15, 0.2) is 18.2 Å². The molecule has 2 nitrogen and oxygen atoms in total. The Balaban J connectivity index is 2.06. The van der Waals surface area contributed by atoms with Gasteiger partial charge in [-0.05, 0) is 49.8 Å². The largest absolute Gasteiger partial charge is 0.504 e. The van der Waals surface area contributed by atoms with E-state index in [-0.39, 0.29) is 5.75 Å². The van der Waals surface area contributed by atoms with Crippen molar-refractivity contribution in [3.63, 3.8) is 0 Å². The Bertz CT molecular complexity index is 341. The van der Waals surface area contributed by atoms with Gasteiger partial charge in [-0.15, -0.1) is 0 Å². The summed E-state index contributed by atoms with van der Waals surface area (Å²) in [6, 6.07) is 5.64. The second-order valence-electron chi connectivity index (χ2n) is 4.53. The maximum absolute atomic E-state index is 9.74. The van der Waals surface area contributed by atoms with Crippen molar-refractivity contribution >= 4 is 0 Å². The second kappa shape index (κ2) is 5.24. The molecule has 1 aromatic carbocycles. The van der Waals surface area contributed by atoms with Crippen molar-refractivity contribution in [1.82, 2.24) is 0 Å². The van der Waals surface area contributed by atoms with Crippen molar-refractivity contribution < 1.29 is 9.84 Å². The van der Waals surface area contributed by atoms with E-state index in [1.807, 2.05) is 12.1 Å². The average molecular weight is 220 g/mol. The Kier molecular flexibility index (Phi) is 3.70. The predicted molar refractivity (Wildman–Crippen MR) is 65.0 cm³/mol. The van der Waals surface area contributed by atoms with Gasteiger partial charge in [0.05, 0.1) is 6.10 Å². The Morgan fingerprint density at radius 1 is 1.25 bits per heavy atom. The van der Waals surface area contributed by atoms with Gasteiger partial charge in [0.15, 0.2) is 11.5 Å². The summed E-state index contributed by atoms with van der Waals surface area (Å²) in [6.45, 7) is 2.11. The van der Waals surface area contributed by atoms with Crippen molar-refractivity contribution in [1.29, 1.82) is 0 Å². The van der Waals surface area contributed by atoms with Crippen LogP contribution in [0.1, 0.15) is 44.6 Å². The molecule has 2 rings (SSSR count). The van der Waals surface area contributed by atoms with Crippen LogP contribution >= 0.6 is 0 Å². The molecule has 1 aliphatic carbocycles. The smallest absolute Gasteiger partial charge is 0.161 e. The van der Waals surface area contributed by atoms with Crippen LogP contribution in [0.4, 0.5) is 0 Å². The molecular weight excluding hydrogens is 200 g/mol. The first-order valence-electron chi connectivity index (χ1n) is 6.28. The first-order chi connectivity index (χ1) is 7.79. The molecule has 1 aliphatic rings. The van der Waals surface area contributed by atoms with E-state index in [1.165, 1.54) is 24.8 Å². The molecule has 0 saturated heterocycles. The highest BCUT2D eigenvalue weighted by Crippen LogP contribution is 2.31. The topological polar surface area (TPSA) is 29.5 Å². The van der Waals surface area contributed by atoms with Crippen molar-refractivity contribution in [2.75, 3.05) is 0 Å². The molecule has 0 radical (unpaired) electrons. The number of phenolic OH excluding ortho intramolecular Hbond substituents is 1. The van der Waals surface area contributed by atoms with Crippen molar-refractivity contribution in [2.45, 2.75) is 51.6 Å². The minimum atomic E-state index is 0.266. The van der Waals surface area contributed by atoms with E-state index in [4.69, 9.17) is 4.74 Å². The summed E-state index contributed by atoms with van der Waals surface area (Å²) >= 11 is 0. The van der Waals surface area contributed by atoms with E-state index in [9.17, 15) is 5.11 Å². The summed E-state index contributed by atoms with van der Waals surface area (Å²) in [7, 11) is 0. The molecule has 1 aromatic rings. The summed E-state index contributed by atoms with van der Waals surface area (Å²) in [4.78, 5) is 0. The number of hydrogen-bond donors (Lipinski definition) is 1. The highest BCUT2D eigenvalue weighted by molar-refractivity contribution is 5.41. The third-order valence-electron chi connectivity index (χ3n) is 3.28. The molecular formula is C14H20O2. The number of phenols is 1. The molecule has 0 amide bonds. The van der Waals surface area contributed by atoms with E-state index < -0.39 is 0 Å².